The number of benzene rings is 1. The number of carbonyl (C=O) groups is 3. The topological polar surface area (TPSA) is 136 Å². The van der Waals surface area contributed by atoms with Crippen molar-refractivity contribution < 1.29 is 37.4 Å². The number of amides is 1. The average Bonchev–Trinajstić information content (AvgIpc) is 3.16. The average molecular weight is 433 g/mol. The van der Waals surface area contributed by atoms with Crippen LogP contribution in [0.2, 0.25) is 0 Å². The first-order valence-corrected chi connectivity index (χ1v) is 9.36. The lowest BCUT2D eigenvalue weighted by atomic mass is 10.1. The Bertz CT molecular complexity index is 700. The summed E-state index contributed by atoms with van der Waals surface area (Å²) in [4.78, 5) is 34.9. The zero-order valence-corrected chi connectivity index (χ0v) is 16.3. The number of hydrogen-bond donors (Lipinski definition) is 3. The molecule has 0 spiro atoms. The second-order valence-corrected chi connectivity index (χ2v) is 6.66. The van der Waals surface area contributed by atoms with E-state index in [1.54, 1.807) is 29.2 Å². The van der Waals surface area contributed by atoms with Crippen molar-refractivity contribution in [2.45, 2.75) is 44.0 Å². The van der Waals surface area contributed by atoms with Crippen LogP contribution in [0.4, 0.5) is 13.2 Å². The molecule has 30 heavy (non-hydrogen) atoms. The van der Waals surface area contributed by atoms with Crippen molar-refractivity contribution in [1.29, 1.82) is 0 Å². The lowest BCUT2D eigenvalue weighted by Crippen LogP contribution is -2.43. The lowest BCUT2D eigenvalue weighted by Gasteiger charge is -2.20. The number of alkyl halides is 3. The second-order valence-electron chi connectivity index (χ2n) is 6.66. The molecule has 5 N–H and O–H groups in total. The van der Waals surface area contributed by atoms with Gasteiger partial charge in [0.15, 0.2) is 0 Å². The van der Waals surface area contributed by atoms with Crippen molar-refractivity contribution in [3.8, 4) is 0 Å². The highest BCUT2D eigenvalue weighted by Crippen LogP contribution is 2.17. The minimum Gasteiger partial charge on any atom is -0.475 e. The van der Waals surface area contributed by atoms with E-state index in [-0.39, 0.29) is 18.0 Å². The summed E-state index contributed by atoms with van der Waals surface area (Å²) in [5, 5.41) is 7.12. The Balaban J connectivity index is 0.000000553. The van der Waals surface area contributed by atoms with Gasteiger partial charge in [0, 0.05) is 13.0 Å². The summed E-state index contributed by atoms with van der Waals surface area (Å²) in [6.45, 7) is 1.61. The number of aliphatic carboxylic acids is 1. The lowest BCUT2D eigenvalue weighted by molar-refractivity contribution is -0.192. The van der Waals surface area contributed by atoms with Crippen molar-refractivity contribution in [2.75, 3.05) is 19.6 Å². The van der Waals surface area contributed by atoms with Crippen LogP contribution in [0, 0.1) is 0 Å². The van der Waals surface area contributed by atoms with Gasteiger partial charge >= 0.3 is 18.1 Å². The third kappa shape index (κ3) is 8.78. The van der Waals surface area contributed by atoms with Gasteiger partial charge in [-0.25, -0.2) is 9.59 Å². The molecule has 1 aliphatic heterocycles. The summed E-state index contributed by atoms with van der Waals surface area (Å²) in [5.74, 6) is -3.18. The van der Waals surface area contributed by atoms with Gasteiger partial charge in [-0.15, -0.1) is 0 Å². The van der Waals surface area contributed by atoms with E-state index >= 15 is 0 Å². The summed E-state index contributed by atoms with van der Waals surface area (Å²) in [6, 6.07) is 8.37. The van der Waals surface area contributed by atoms with Gasteiger partial charge in [-0.3, -0.25) is 4.79 Å². The maximum atomic E-state index is 12.3. The van der Waals surface area contributed by atoms with E-state index in [4.69, 9.17) is 26.1 Å². The molecule has 1 aliphatic rings. The van der Waals surface area contributed by atoms with E-state index in [1.807, 2.05) is 6.07 Å². The fraction of sp³-hybridized carbons (Fsp3) is 0.526. The number of halogens is 3. The Hall–Kier alpha value is -2.66. The second kappa shape index (κ2) is 12.1. The summed E-state index contributed by atoms with van der Waals surface area (Å²) in [7, 11) is 0. The molecule has 1 heterocycles. The van der Waals surface area contributed by atoms with E-state index in [1.165, 1.54) is 0 Å². The summed E-state index contributed by atoms with van der Waals surface area (Å²) < 4.78 is 37.2. The zero-order chi connectivity index (χ0) is 22.7. The van der Waals surface area contributed by atoms with E-state index in [0.717, 1.165) is 12.8 Å². The molecule has 1 aromatic carbocycles. The fourth-order valence-corrected chi connectivity index (χ4v) is 2.68. The monoisotopic (exact) mass is 433 g/mol. The Morgan fingerprint density at radius 1 is 1.20 bits per heavy atom. The quantitative estimate of drug-likeness (QED) is 0.438. The summed E-state index contributed by atoms with van der Waals surface area (Å²) in [5.41, 5.74) is 11.9. The van der Waals surface area contributed by atoms with Gasteiger partial charge in [0.1, 0.15) is 6.10 Å². The van der Waals surface area contributed by atoms with Crippen LogP contribution in [0.25, 0.3) is 0 Å². The highest BCUT2D eigenvalue weighted by molar-refractivity contribution is 5.89. The molecule has 1 saturated heterocycles. The van der Waals surface area contributed by atoms with Crippen molar-refractivity contribution in [3.05, 3.63) is 35.9 Å². The van der Waals surface area contributed by atoms with Gasteiger partial charge in [-0.1, -0.05) is 24.6 Å². The molecule has 1 fully saturated rings. The minimum atomic E-state index is -5.08. The van der Waals surface area contributed by atoms with Crippen LogP contribution >= 0.6 is 0 Å². The summed E-state index contributed by atoms with van der Waals surface area (Å²) >= 11 is 0. The molecule has 168 valence electrons. The number of ether oxygens (including phenoxy) is 1. The Kier molecular flexibility index (Phi) is 10.3. The molecule has 2 rings (SSSR count). The molecule has 0 radical (unpaired) electrons. The van der Waals surface area contributed by atoms with Crippen LogP contribution in [0.15, 0.2) is 30.3 Å². The highest BCUT2D eigenvalue weighted by atomic mass is 19.4. The number of nitrogens with two attached hydrogens (primary N) is 2. The summed E-state index contributed by atoms with van der Waals surface area (Å²) in [6.07, 6.45) is -2.33. The Morgan fingerprint density at radius 2 is 1.80 bits per heavy atom. The number of carbonyl (C=O) groups excluding carboxylic acids is 2. The molecule has 1 aromatic rings. The van der Waals surface area contributed by atoms with Crippen molar-refractivity contribution in [3.63, 3.8) is 0 Å². The largest absolute Gasteiger partial charge is 0.490 e. The van der Waals surface area contributed by atoms with Gasteiger partial charge in [-0.05, 0) is 31.5 Å². The molecule has 0 bridgehead atoms. The molecule has 1 amide bonds. The van der Waals surface area contributed by atoms with E-state index in [2.05, 4.69) is 0 Å². The number of nitrogens with zero attached hydrogens (tertiary/aromatic N) is 1. The van der Waals surface area contributed by atoms with E-state index in [0.29, 0.717) is 38.0 Å². The maximum absolute atomic E-state index is 12.3. The predicted octanol–water partition coefficient (Wildman–Crippen LogP) is 1.53. The molecule has 11 heteroatoms. The normalized spacial score (nSPS) is 17.0. The Labute approximate surface area is 172 Å². The maximum Gasteiger partial charge on any atom is 0.490 e. The van der Waals surface area contributed by atoms with Crippen LogP contribution in [0.5, 0.6) is 0 Å². The van der Waals surface area contributed by atoms with Crippen molar-refractivity contribution in [2.24, 2.45) is 11.5 Å². The molecule has 2 atom stereocenters. The number of hydrogen-bond acceptors (Lipinski definition) is 6. The first-order chi connectivity index (χ1) is 14.1. The molecule has 0 unspecified atom stereocenters. The van der Waals surface area contributed by atoms with Crippen LogP contribution in [-0.4, -0.2) is 65.8 Å². The van der Waals surface area contributed by atoms with Gasteiger partial charge in [0.05, 0.1) is 18.2 Å². The zero-order valence-electron chi connectivity index (χ0n) is 16.3. The number of esters is 1. The standard InChI is InChI=1S/C17H25N3O3.C2HF3O2/c18-10-5-4-8-15(19)16(21)20-11-9-14(12-20)23-17(22)13-6-2-1-3-7-13;3-2(4,5)1(6)7/h1-3,6-7,14-15H,4-5,8-12,18-19H2;(H,6,7)/t14-,15+;/m1./s1. The van der Waals surface area contributed by atoms with Gasteiger partial charge in [0.2, 0.25) is 5.91 Å². The van der Waals surface area contributed by atoms with Crippen LogP contribution in [-0.2, 0) is 14.3 Å². The Morgan fingerprint density at radius 3 is 2.33 bits per heavy atom. The van der Waals surface area contributed by atoms with Gasteiger partial charge in [0.25, 0.3) is 0 Å². The highest BCUT2D eigenvalue weighted by Gasteiger charge is 2.38. The first-order valence-electron chi connectivity index (χ1n) is 9.36. The minimum absolute atomic E-state index is 0.0692. The van der Waals surface area contributed by atoms with Gasteiger partial charge in [-0.2, -0.15) is 13.2 Å². The third-order valence-electron chi connectivity index (χ3n) is 4.27. The molecule has 0 aromatic heterocycles. The predicted molar refractivity (Wildman–Crippen MR) is 101 cm³/mol. The molecule has 8 nitrogen and oxygen atoms in total. The smallest absolute Gasteiger partial charge is 0.475 e. The van der Waals surface area contributed by atoms with Gasteiger partial charge < -0.3 is 26.2 Å². The molecule has 0 aliphatic carbocycles. The van der Waals surface area contributed by atoms with Crippen molar-refractivity contribution >= 4 is 17.8 Å². The van der Waals surface area contributed by atoms with Crippen LogP contribution in [0.1, 0.15) is 36.0 Å². The third-order valence-corrected chi connectivity index (χ3v) is 4.27. The van der Waals surface area contributed by atoms with Crippen LogP contribution < -0.4 is 11.5 Å². The molecular formula is C19H26F3N3O5. The SMILES string of the molecule is NCCCC[C@H](N)C(=O)N1CC[C@@H](OC(=O)c2ccccc2)C1.O=C(O)C(F)(F)F. The molecular weight excluding hydrogens is 407 g/mol. The number of likely N-dealkylation sites (tertiary alicyclic amines) is 1. The first kappa shape index (κ1) is 25.4. The number of unbranched alkanes of at least 4 members (excludes halogenated alkanes) is 1. The van der Waals surface area contributed by atoms with Crippen LogP contribution in [0.3, 0.4) is 0 Å². The fourth-order valence-electron chi connectivity index (χ4n) is 2.68. The molecule has 0 saturated carbocycles. The van der Waals surface area contributed by atoms with E-state index in [9.17, 15) is 22.8 Å². The number of carboxylic acid groups (broad SMARTS) is 1. The van der Waals surface area contributed by atoms with E-state index < -0.39 is 18.2 Å². The number of carboxylic acids is 1. The van der Waals surface area contributed by atoms with Crippen molar-refractivity contribution in [1.82, 2.24) is 4.90 Å². The number of rotatable bonds is 7.